The van der Waals surface area contributed by atoms with Crippen molar-refractivity contribution in [1.29, 1.82) is 0 Å². The van der Waals surface area contributed by atoms with E-state index in [1.807, 2.05) is 6.08 Å². The fraction of sp³-hybridized carbons (Fsp3) is 0.790. The van der Waals surface area contributed by atoms with Gasteiger partial charge < -0.3 is 40.3 Å². The van der Waals surface area contributed by atoms with Crippen molar-refractivity contribution in [2.75, 3.05) is 13.2 Å². The molecule has 1 aliphatic heterocycles. The quantitative estimate of drug-likeness (QED) is 0.0261. The maximum Gasteiger partial charge on any atom is 0.220 e. The highest BCUT2D eigenvalue weighted by atomic mass is 16.7. The molecule has 0 aromatic carbocycles. The van der Waals surface area contributed by atoms with Gasteiger partial charge in [0.15, 0.2) is 6.29 Å². The van der Waals surface area contributed by atoms with E-state index < -0.39 is 49.5 Å². The first kappa shape index (κ1) is 85.1. The predicted octanol–water partition coefficient (Wildman–Crippen LogP) is 21.8. The highest BCUT2D eigenvalue weighted by Gasteiger charge is 2.44. The third kappa shape index (κ3) is 56.6. The van der Waals surface area contributed by atoms with Gasteiger partial charge in [-0.25, -0.2) is 0 Å². The van der Waals surface area contributed by atoms with Gasteiger partial charge in [0.2, 0.25) is 5.91 Å². The summed E-state index contributed by atoms with van der Waals surface area (Å²) in [4.78, 5) is 13.2. The Morgan fingerprint density at radius 3 is 1.07 bits per heavy atom. The summed E-state index contributed by atoms with van der Waals surface area (Å²) in [5, 5.41) is 54.8. The molecule has 1 fully saturated rings. The molecule has 0 aliphatic carbocycles. The number of carbonyl (C=O) groups is 1. The zero-order valence-electron chi connectivity index (χ0n) is 58.6. The molecule has 0 bridgehead atoms. The van der Waals surface area contributed by atoms with Crippen LogP contribution >= 0.6 is 0 Å². The van der Waals surface area contributed by atoms with Crippen LogP contribution in [0.1, 0.15) is 354 Å². The van der Waals surface area contributed by atoms with Crippen LogP contribution in [0.15, 0.2) is 97.2 Å². The molecule has 1 aliphatic rings. The van der Waals surface area contributed by atoms with Crippen molar-refractivity contribution in [1.82, 2.24) is 5.32 Å². The molecule has 0 saturated carbocycles. The van der Waals surface area contributed by atoms with E-state index in [0.717, 1.165) is 77.0 Å². The number of hydrogen-bond donors (Lipinski definition) is 6. The topological polar surface area (TPSA) is 149 Å². The average molecular weight is 1260 g/mol. The molecular formula is C81H145NO8. The lowest BCUT2D eigenvalue weighted by Gasteiger charge is -2.40. The maximum atomic E-state index is 13.2. The molecule has 7 unspecified atom stereocenters. The molecule has 0 spiro atoms. The fourth-order valence-electron chi connectivity index (χ4n) is 11.9. The van der Waals surface area contributed by atoms with Crippen molar-refractivity contribution in [3.05, 3.63) is 97.2 Å². The van der Waals surface area contributed by atoms with Gasteiger partial charge in [-0.3, -0.25) is 4.79 Å². The molecule has 7 atom stereocenters. The molecular weight excluding hydrogens is 1110 g/mol. The first-order valence-corrected chi connectivity index (χ1v) is 38.5. The van der Waals surface area contributed by atoms with E-state index in [2.05, 4.69) is 104 Å². The Morgan fingerprint density at radius 1 is 0.389 bits per heavy atom. The molecule has 6 N–H and O–H groups in total. The molecule has 1 rings (SSSR count). The van der Waals surface area contributed by atoms with Gasteiger partial charge in [0.1, 0.15) is 24.4 Å². The lowest BCUT2D eigenvalue weighted by atomic mass is 9.99. The highest BCUT2D eigenvalue weighted by Crippen LogP contribution is 2.23. The zero-order chi connectivity index (χ0) is 64.9. The molecule has 0 radical (unpaired) electrons. The summed E-state index contributed by atoms with van der Waals surface area (Å²) < 4.78 is 11.3. The van der Waals surface area contributed by atoms with Crippen LogP contribution in [-0.2, 0) is 14.3 Å². The summed E-state index contributed by atoms with van der Waals surface area (Å²) in [7, 11) is 0. The molecule has 90 heavy (non-hydrogen) atoms. The first-order chi connectivity index (χ1) is 44.3. The van der Waals surface area contributed by atoms with E-state index >= 15 is 0 Å². The van der Waals surface area contributed by atoms with Gasteiger partial charge in [-0.1, -0.05) is 361 Å². The van der Waals surface area contributed by atoms with Gasteiger partial charge in [0.05, 0.1) is 25.4 Å². The number of nitrogens with one attached hydrogen (secondary N) is 1. The van der Waals surface area contributed by atoms with Crippen molar-refractivity contribution >= 4 is 5.91 Å². The summed E-state index contributed by atoms with van der Waals surface area (Å²) in [5.74, 6) is -0.182. The van der Waals surface area contributed by atoms with Gasteiger partial charge in [0, 0.05) is 6.42 Å². The molecule has 0 aromatic heterocycles. The van der Waals surface area contributed by atoms with Crippen LogP contribution in [0.2, 0.25) is 0 Å². The summed E-state index contributed by atoms with van der Waals surface area (Å²) >= 11 is 0. The van der Waals surface area contributed by atoms with Crippen LogP contribution in [0.3, 0.4) is 0 Å². The highest BCUT2D eigenvalue weighted by molar-refractivity contribution is 5.76. The van der Waals surface area contributed by atoms with Crippen LogP contribution in [-0.4, -0.2) is 87.5 Å². The number of ether oxygens (including phenoxy) is 2. The number of hydrogen-bond acceptors (Lipinski definition) is 8. The van der Waals surface area contributed by atoms with Crippen molar-refractivity contribution in [3.8, 4) is 0 Å². The summed E-state index contributed by atoms with van der Waals surface area (Å²) in [6.07, 6.45) is 94.0. The second-order valence-electron chi connectivity index (χ2n) is 26.4. The molecule has 522 valence electrons. The minimum Gasteiger partial charge on any atom is -0.394 e. The van der Waals surface area contributed by atoms with Crippen LogP contribution in [0.5, 0.6) is 0 Å². The Labute approximate surface area is 555 Å². The lowest BCUT2D eigenvalue weighted by Crippen LogP contribution is -2.60. The third-order valence-electron chi connectivity index (χ3n) is 17.9. The van der Waals surface area contributed by atoms with Crippen LogP contribution in [0, 0.1) is 0 Å². The Balaban J connectivity index is 2.08. The SMILES string of the molecule is CC/C=C\C/C=C\C/C=C\C/C=C\C/C=C\C/C=C\CCCCCCCCCCCCCCCCCCCCCCCCC(=O)NC(COC1OC(CO)C(O)C(O)C1O)C(O)/C=C/CC/C=C/CCCCCCCCCCCCCCCCCCCCCC. The van der Waals surface area contributed by atoms with E-state index in [4.69, 9.17) is 9.47 Å². The standard InChI is InChI=1S/C81H145NO8/c1-3-5-7-9-11-13-15-17-19-21-23-25-27-29-31-32-33-34-35-36-37-38-39-40-41-42-43-44-45-47-49-51-53-55-57-59-61-63-65-67-69-71-77(85)82-74(73-89-81-80(88)79(87)78(86)76(72-83)90-81)75(84)70-68-66-64-62-60-58-56-54-52-50-48-46-30-28-26-24-22-20-18-16-14-12-10-8-6-4-2/h5,7,11,13,17,19,23,25,29,31,33-34,60,62,68,70,74-76,78-81,83-84,86-88H,3-4,6,8-10,12,14-16,18,20-22,24,26-28,30,32,35-59,61,63-67,69,71-73H2,1-2H3,(H,82,85)/b7-5-,13-11-,19-17-,25-23-,31-29-,34-33-,62-60+,70-68+. The summed E-state index contributed by atoms with van der Waals surface area (Å²) in [6, 6.07) is -0.826. The number of rotatable bonds is 67. The number of allylic oxidation sites excluding steroid dienone is 15. The third-order valence-corrected chi connectivity index (χ3v) is 17.9. The summed E-state index contributed by atoms with van der Waals surface area (Å²) in [6.45, 7) is 3.69. The smallest absolute Gasteiger partial charge is 0.220 e. The minimum absolute atomic E-state index is 0.182. The van der Waals surface area contributed by atoms with Gasteiger partial charge >= 0.3 is 0 Å². The number of amides is 1. The average Bonchev–Trinajstić information content (AvgIpc) is 1.28. The van der Waals surface area contributed by atoms with Gasteiger partial charge in [-0.2, -0.15) is 0 Å². The van der Waals surface area contributed by atoms with E-state index in [1.165, 1.54) is 257 Å². The van der Waals surface area contributed by atoms with E-state index in [1.54, 1.807) is 6.08 Å². The van der Waals surface area contributed by atoms with Crippen molar-refractivity contribution in [3.63, 3.8) is 0 Å². The number of carbonyl (C=O) groups excluding carboxylic acids is 1. The second-order valence-corrected chi connectivity index (χ2v) is 26.4. The summed E-state index contributed by atoms with van der Waals surface area (Å²) in [5.41, 5.74) is 0. The lowest BCUT2D eigenvalue weighted by molar-refractivity contribution is -0.302. The number of aliphatic hydroxyl groups excluding tert-OH is 5. The van der Waals surface area contributed by atoms with Gasteiger partial charge in [-0.15, -0.1) is 0 Å². The molecule has 9 nitrogen and oxygen atoms in total. The minimum atomic E-state index is -1.58. The van der Waals surface area contributed by atoms with Crippen molar-refractivity contribution < 1.29 is 39.8 Å². The molecule has 9 heteroatoms. The second kappa shape index (κ2) is 69.0. The molecule has 1 amide bonds. The van der Waals surface area contributed by atoms with Crippen molar-refractivity contribution in [2.24, 2.45) is 0 Å². The zero-order valence-corrected chi connectivity index (χ0v) is 58.6. The molecule has 1 saturated heterocycles. The van der Waals surface area contributed by atoms with Crippen LogP contribution < -0.4 is 5.32 Å². The monoisotopic (exact) mass is 1260 g/mol. The van der Waals surface area contributed by atoms with Crippen LogP contribution in [0.25, 0.3) is 0 Å². The fourth-order valence-corrected chi connectivity index (χ4v) is 11.9. The van der Waals surface area contributed by atoms with Gasteiger partial charge in [-0.05, 0) is 83.5 Å². The van der Waals surface area contributed by atoms with Gasteiger partial charge in [0.25, 0.3) is 0 Å². The normalized spacial score (nSPS) is 18.3. The Hall–Kier alpha value is -2.89. The van der Waals surface area contributed by atoms with E-state index in [-0.39, 0.29) is 12.5 Å². The number of unbranched alkanes of at least 4 members (excludes halogenated alkanes) is 43. The largest absolute Gasteiger partial charge is 0.394 e. The van der Waals surface area contributed by atoms with Crippen molar-refractivity contribution in [2.45, 2.75) is 397 Å². The van der Waals surface area contributed by atoms with E-state index in [0.29, 0.717) is 6.42 Å². The van der Waals surface area contributed by atoms with E-state index in [9.17, 15) is 30.3 Å². The Kier molecular flexibility index (Phi) is 65.2. The van der Waals surface area contributed by atoms with Crippen LogP contribution in [0.4, 0.5) is 0 Å². The first-order valence-electron chi connectivity index (χ1n) is 38.5. The molecule has 1 heterocycles. The predicted molar refractivity (Wildman–Crippen MR) is 387 cm³/mol. The Bertz CT molecular complexity index is 1750. The molecule has 0 aromatic rings. The maximum absolute atomic E-state index is 13.2. The number of aliphatic hydroxyl groups is 5. The Morgan fingerprint density at radius 2 is 0.700 bits per heavy atom.